The van der Waals surface area contributed by atoms with Gasteiger partial charge in [-0.05, 0) is 7.05 Å². The van der Waals surface area contributed by atoms with Gasteiger partial charge in [-0.25, -0.2) is 9.97 Å². The van der Waals surface area contributed by atoms with Crippen LogP contribution < -0.4 is 10.2 Å². The molecule has 0 amide bonds. The van der Waals surface area contributed by atoms with Crippen molar-refractivity contribution in [3.63, 3.8) is 0 Å². The van der Waals surface area contributed by atoms with Gasteiger partial charge in [0.15, 0.2) is 0 Å². The first kappa shape index (κ1) is 12.1. The van der Waals surface area contributed by atoms with Crippen molar-refractivity contribution in [3.8, 4) is 0 Å². The van der Waals surface area contributed by atoms with Crippen LogP contribution >= 0.6 is 11.6 Å². The molecular weight excluding hydrogens is 250 g/mol. The van der Waals surface area contributed by atoms with Crippen molar-refractivity contribution in [2.45, 2.75) is 13.0 Å². The molecule has 0 radical (unpaired) electrons. The zero-order valence-corrected chi connectivity index (χ0v) is 11.4. The third-order valence-corrected chi connectivity index (χ3v) is 3.97. The molecule has 0 atom stereocenters. The number of hydrogen-bond donors (Lipinski definition) is 1. The fourth-order valence-electron chi connectivity index (χ4n) is 2.44. The maximum absolute atomic E-state index is 6.27. The lowest BCUT2D eigenvalue weighted by Gasteiger charge is -2.33. The fourth-order valence-corrected chi connectivity index (χ4v) is 2.69. The lowest BCUT2D eigenvalue weighted by atomic mass is 10.1. The normalized spacial score (nSPS) is 20.9. The number of nitrogens with zero attached hydrogens (tertiary/aromatic N) is 4. The molecule has 1 saturated heterocycles. The number of likely N-dealkylation sites (N-methyl/N-ethyl adjacent to an activating group) is 1. The van der Waals surface area contributed by atoms with E-state index < -0.39 is 0 Å². The zero-order valence-electron chi connectivity index (χ0n) is 10.6. The van der Waals surface area contributed by atoms with E-state index in [4.69, 9.17) is 16.6 Å². The summed E-state index contributed by atoms with van der Waals surface area (Å²) in [5.74, 6) is 0.800. The fraction of sp³-hybridized carbons (Fsp3) is 0.667. The second kappa shape index (κ2) is 4.99. The molecule has 98 valence electrons. The summed E-state index contributed by atoms with van der Waals surface area (Å²) in [5.41, 5.74) is 2.18. The number of fused-ring (bicyclic) bond motifs is 1. The number of hydrogen-bond acceptors (Lipinski definition) is 5. The second-order valence-electron chi connectivity index (χ2n) is 4.96. The lowest BCUT2D eigenvalue weighted by molar-refractivity contribution is 0.311. The molecule has 2 aliphatic heterocycles. The Bertz CT molecular complexity index is 442. The Morgan fingerprint density at radius 3 is 2.72 bits per heavy atom. The minimum atomic E-state index is 0.612. The Hall–Kier alpha value is -0.910. The molecule has 0 aromatic carbocycles. The topological polar surface area (TPSA) is 44.3 Å². The van der Waals surface area contributed by atoms with Crippen LogP contribution in [0.5, 0.6) is 0 Å². The third kappa shape index (κ3) is 2.30. The minimum absolute atomic E-state index is 0.612. The van der Waals surface area contributed by atoms with Crippen molar-refractivity contribution in [2.24, 2.45) is 0 Å². The first-order valence-corrected chi connectivity index (χ1v) is 6.81. The second-order valence-corrected chi connectivity index (χ2v) is 5.31. The maximum atomic E-state index is 6.27. The monoisotopic (exact) mass is 267 g/mol. The lowest BCUT2D eigenvalue weighted by Crippen LogP contribution is -2.45. The van der Waals surface area contributed by atoms with Gasteiger partial charge in [0.25, 0.3) is 0 Å². The number of nitrogens with one attached hydrogen (secondary N) is 1. The van der Waals surface area contributed by atoms with Crippen molar-refractivity contribution >= 4 is 17.5 Å². The molecule has 0 spiro atoms. The van der Waals surface area contributed by atoms with Gasteiger partial charge in [0.05, 0.1) is 5.69 Å². The van der Waals surface area contributed by atoms with E-state index >= 15 is 0 Å². The Morgan fingerprint density at radius 1 is 1.17 bits per heavy atom. The Balaban J connectivity index is 1.86. The van der Waals surface area contributed by atoms with Gasteiger partial charge in [-0.2, -0.15) is 0 Å². The number of piperazine rings is 1. The minimum Gasteiger partial charge on any atom is -0.338 e. The molecule has 2 aliphatic rings. The van der Waals surface area contributed by atoms with E-state index in [1.165, 1.54) is 0 Å². The van der Waals surface area contributed by atoms with E-state index in [0.29, 0.717) is 5.15 Å². The van der Waals surface area contributed by atoms with Gasteiger partial charge in [-0.1, -0.05) is 11.6 Å². The van der Waals surface area contributed by atoms with Gasteiger partial charge >= 0.3 is 0 Å². The van der Waals surface area contributed by atoms with Crippen LogP contribution in [0.15, 0.2) is 0 Å². The largest absolute Gasteiger partial charge is 0.338 e. The number of anilines is 1. The summed E-state index contributed by atoms with van der Waals surface area (Å²) in [6, 6.07) is 0. The summed E-state index contributed by atoms with van der Waals surface area (Å²) in [5, 5.41) is 3.91. The van der Waals surface area contributed by atoms with Crippen LogP contribution in [0.3, 0.4) is 0 Å². The van der Waals surface area contributed by atoms with Crippen molar-refractivity contribution in [2.75, 3.05) is 44.7 Å². The maximum Gasteiger partial charge on any atom is 0.227 e. The van der Waals surface area contributed by atoms with Crippen LogP contribution in [-0.2, 0) is 13.0 Å². The van der Waals surface area contributed by atoms with Gasteiger partial charge in [0, 0.05) is 51.3 Å². The SMILES string of the molecule is CN1CCN(c2nc(Cl)c3c(n2)CCNC3)CC1. The molecule has 5 nitrogen and oxygen atoms in total. The quantitative estimate of drug-likeness (QED) is 0.752. The van der Waals surface area contributed by atoms with Crippen molar-refractivity contribution in [1.82, 2.24) is 20.2 Å². The van der Waals surface area contributed by atoms with Gasteiger partial charge in [-0.3, -0.25) is 0 Å². The molecule has 1 fully saturated rings. The Labute approximate surface area is 112 Å². The average Bonchev–Trinajstić information content (AvgIpc) is 2.39. The third-order valence-electron chi connectivity index (χ3n) is 3.66. The molecule has 6 heteroatoms. The Kier molecular flexibility index (Phi) is 3.37. The molecule has 0 saturated carbocycles. The molecule has 3 rings (SSSR count). The van der Waals surface area contributed by atoms with E-state index in [0.717, 1.165) is 62.9 Å². The molecule has 1 aromatic heterocycles. The predicted octanol–water partition coefficient (Wildman–Crippen LogP) is 0.527. The molecule has 0 unspecified atom stereocenters. The number of halogens is 1. The molecule has 1 aromatic rings. The predicted molar refractivity (Wildman–Crippen MR) is 72.2 cm³/mol. The van der Waals surface area contributed by atoms with E-state index in [2.05, 4.69) is 27.1 Å². The summed E-state index contributed by atoms with van der Waals surface area (Å²) >= 11 is 6.27. The zero-order chi connectivity index (χ0) is 12.5. The van der Waals surface area contributed by atoms with E-state index in [-0.39, 0.29) is 0 Å². The summed E-state index contributed by atoms with van der Waals surface area (Å²) in [4.78, 5) is 13.7. The highest BCUT2D eigenvalue weighted by Gasteiger charge is 2.21. The average molecular weight is 268 g/mol. The van der Waals surface area contributed by atoms with Crippen LogP contribution in [0.25, 0.3) is 0 Å². The van der Waals surface area contributed by atoms with Crippen LogP contribution in [0.2, 0.25) is 5.15 Å². The smallest absolute Gasteiger partial charge is 0.227 e. The van der Waals surface area contributed by atoms with Crippen LogP contribution in [-0.4, -0.2) is 54.6 Å². The highest BCUT2D eigenvalue weighted by atomic mass is 35.5. The molecule has 3 heterocycles. The van der Waals surface area contributed by atoms with Gasteiger partial charge in [0.1, 0.15) is 5.15 Å². The van der Waals surface area contributed by atoms with E-state index in [1.54, 1.807) is 0 Å². The van der Waals surface area contributed by atoms with Gasteiger partial charge in [0.2, 0.25) is 5.95 Å². The van der Waals surface area contributed by atoms with Crippen molar-refractivity contribution in [1.29, 1.82) is 0 Å². The molecule has 0 aliphatic carbocycles. The van der Waals surface area contributed by atoms with Gasteiger partial charge in [-0.15, -0.1) is 0 Å². The molecule has 1 N–H and O–H groups in total. The first-order chi connectivity index (χ1) is 8.74. The molecule has 0 bridgehead atoms. The Morgan fingerprint density at radius 2 is 1.94 bits per heavy atom. The number of rotatable bonds is 1. The van der Waals surface area contributed by atoms with Crippen LogP contribution in [0, 0.1) is 0 Å². The van der Waals surface area contributed by atoms with Crippen LogP contribution in [0.1, 0.15) is 11.3 Å². The van der Waals surface area contributed by atoms with E-state index in [9.17, 15) is 0 Å². The van der Waals surface area contributed by atoms with E-state index in [1.807, 2.05) is 0 Å². The molecule has 18 heavy (non-hydrogen) atoms. The van der Waals surface area contributed by atoms with Crippen molar-refractivity contribution in [3.05, 3.63) is 16.4 Å². The highest BCUT2D eigenvalue weighted by Crippen LogP contribution is 2.23. The summed E-state index contributed by atoms with van der Waals surface area (Å²) in [6.07, 6.45) is 0.943. The summed E-state index contributed by atoms with van der Waals surface area (Å²) in [6.45, 7) is 5.83. The van der Waals surface area contributed by atoms with Crippen LogP contribution in [0.4, 0.5) is 5.95 Å². The standard InChI is InChI=1S/C12H18ClN5/c1-17-4-6-18(7-5-17)12-15-10-2-3-14-8-9(10)11(13)16-12/h14H,2-8H2,1H3. The summed E-state index contributed by atoms with van der Waals surface area (Å²) in [7, 11) is 2.14. The summed E-state index contributed by atoms with van der Waals surface area (Å²) < 4.78 is 0. The highest BCUT2D eigenvalue weighted by molar-refractivity contribution is 6.30. The first-order valence-electron chi connectivity index (χ1n) is 6.43. The molecular formula is C12H18ClN5. The van der Waals surface area contributed by atoms with Gasteiger partial charge < -0.3 is 15.1 Å². The van der Waals surface area contributed by atoms with Crippen molar-refractivity contribution < 1.29 is 0 Å². The number of aromatic nitrogens is 2.